The Morgan fingerprint density at radius 3 is 2.39 bits per heavy atom. The molecule has 4 heteroatoms. The Balaban J connectivity index is 2.79. The first-order valence-corrected chi connectivity index (χ1v) is 6.12. The van der Waals surface area contributed by atoms with Gasteiger partial charge in [0.2, 0.25) is 0 Å². The molecule has 0 bridgehead atoms. The first-order chi connectivity index (χ1) is 8.43. The van der Waals surface area contributed by atoms with Gasteiger partial charge in [0.25, 0.3) is 0 Å². The van der Waals surface area contributed by atoms with Crippen molar-refractivity contribution in [3.8, 4) is 0 Å². The third-order valence-corrected chi connectivity index (χ3v) is 3.85. The molecular weight excluding hydrogens is 231 g/mol. The number of nitrogens with two attached hydrogens (primary N) is 1. The fourth-order valence-electron chi connectivity index (χ4n) is 1.93. The number of methoxy groups -OCH3 is 1. The number of hydrogen-bond donors (Lipinski definition) is 1. The van der Waals surface area contributed by atoms with E-state index in [-0.39, 0.29) is 17.5 Å². The van der Waals surface area contributed by atoms with Crippen LogP contribution in [0.3, 0.4) is 0 Å². The third-order valence-electron chi connectivity index (χ3n) is 3.85. The summed E-state index contributed by atoms with van der Waals surface area (Å²) in [6.07, 6.45) is 0.0212. The molecule has 102 valence electrons. The van der Waals surface area contributed by atoms with Crippen LogP contribution in [0.25, 0.3) is 0 Å². The molecular formula is C14H23FN2O. The molecule has 0 saturated heterocycles. The monoisotopic (exact) mass is 254 g/mol. The SMILES string of the molecule is COC(C)C(C)(CN)N(C)Cc1ccc(F)cc1. The summed E-state index contributed by atoms with van der Waals surface area (Å²) in [5, 5.41) is 0. The van der Waals surface area contributed by atoms with Gasteiger partial charge in [0, 0.05) is 20.2 Å². The van der Waals surface area contributed by atoms with Crippen molar-refractivity contribution in [3.05, 3.63) is 35.6 Å². The Morgan fingerprint density at radius 1 is 1.39 bits per heavy atom. The first kappa shape index (κ1) is 15.1. The number of benzene rings is 1. The molecule has 3 nitrogen and oxygen atoms in total. The van der Waals surface area contributed by atoms with Gasteiger partial charge in [-0.05, 0) is 38.6 Å². The van der Waals surface area contributed by atoms with E-state index in [1.807, 2.05) is 14.0 Å². The fourth-order valence-corrected chi connectivity index (χ4v) is 1.93. The normalized spacial score (nSPS) is 16.6. The van der Waals surface area contributed by atoms with Gasteiger partial charge in [-0.1, -0.05) is 12.1 Å². The third kappa shape index (κ3) is 3.28. The molecule has 2 atom stereocenters. The molecule has 0 saturated carbocycles. The van der Waals surface area contributed by atoms with Crippen LogP contribution >= 0.6 is 0 Å². The van der Waals surface area contributed by atoms with E-state index < -0.39 is 0 Å². The second kappa shape index (κ2) is 6.27. The number of likely N-dealkylation sites (N-methyl/N-ethyl adjacent to an activating group) is 1. The molecule has 0 fully saturated rings. The van der Waals surface area contributed by atoms with Crippen molar-refractivity contribution in [1.82, 2.24) is 4.90 Å². The van der Waals surface area contributed by atoms with E-state index in [9.17, 15) is 4.39 Å². The average Bonchev–Trinajstić information content (AvgIpc) is 2.39. The van der Waals surface area contributed by atoms with E-state index in [4.69, 9.17) is 10.5 Å². The van der Waals surface area contributed by atoms with Crippen molar-refractivity contribution < 1.29 is 9.13 Å². The fraction of sp³-hybridized carbons (Fsp3) is 0.571. The minimum atomic E-state index is -0.247. The maximum Gasteiger partial charge on any atom is 0.123 e. The predicted octanol–water partition coefficient (Wildman–Crippen LogP) is 2.01. The molecule has 2 N–H and O–H groups in total. The summed E-state index contributed by atoms with van der Waals surface area (Å²) in [5.74, 6) is -0.215. The Bertz CT molecular complexity index is 369. The van der Waals surface area contributed by atoms with Crippen molar-refractivity contribution in [2.45, 2.75) is 32.0 Å². The van der Waals surface area contributed by atoms with E-state index in [1.54, 1.807) is 19.2 Å². The molecule has 1 aromatic carbocycles. The van der Waals surface area contributed by atoms with E-state index in [0.29, 0.717) is 13.1 Å². The van der Waals surface area contributed by atoms with Crippen molar-refractivity contribution >= 4 is 0 Å². The zero-order valence-corrected chi connectivity index (χ0v) is 11.6. The highest BCUT2D eigenvalue weighted by Crippen LogP contribution is 2.21. The van der Waals surface area contributed by atoms with Crippen LogP contribution in [0.5, 0.6) is 0 Å². The Kier molecular flexibility index (Phi) is 5.26. The van der Waals surface area contributed by atoms with Gasteiger partial charge in [-0.25, -0.2) is 4.39 Å². The highest BCUT2D eigenvalue weighted by atomic mass is 19.1. The molecule has 0 aliphatic rings. The summed E-state index contributed by atoms with van der Waals surface area (Å²) in [7, 11) is 3.69. The lowest BCUT2D eigenvalue weighted by Crippen LogP contribution is -2.57. The number of nitrogens with zero attached hydrogens (tertiary/aromatic N) is 1. The first-order valence-electron chi connectivity index (χ1n) is 6.12. The van der Waals surface area contributed by atoms with Crippen LogP contribution in [0.4, 0.5) is 4.39 Å². The minimum Gasteiger partial charge on any atom is -0.380 e. The van der Waals surface area contributed by atoms with Crippen molar-refractivity contribution in [1.29, 1.82) is 0 Å². The van der Waals surface area contributed by atoms with Crippen molar-refractivity contribution in [3.63, 3.8) is 0 Å². The van der Waals surface area contributed by atoms with Gasteiger partial charge in [-0.2, -0.15) is 0 Å². The van der Waals surface area contributed by atoms with Crippen LogP contribution in [-0.4, -0.2) is 37.2 Å². The van der Waals surface area contributed by atoms with Crippen LogP contribution < -0.4 is 5.73 Å². The summed E-state index contributed by atoms with van der Waals surface area (Å²) in [6.45, 7) is 5.29. The van der Waals surface area contributed by atoms with Crippen molar-refractivity contribution in [2.75, 3.05) is 20.7 Å². The van der Waals surface area contributed by atoms with E-state index in [0.717, 1.165) is 5.56 Å². The lowest BCUT2D eigenvalue weighted by molar-refractivity contribution is -0.0230. The summed E-state index contributed by atoms with van der Waals surface area (Å²) in [6, 6.07) is 6.53. The van der Waals surface area contributed by atoms with Crippen LogP contribution in [0, 0.1) is 5.82 Å². The average molecular weight is 254 g/mol. The van der Waals surface area contributed by atoms with Crippen molar-refractivity contribution in [2.24, 2.45) is 5.73 Å². The summed E-state index contributed by atoms with van der Waals surface area (Å²) < 4.78 is 18.3. The molecule has 0 amide bonds. The molecule has 1 rings (SSSR count). The molecule has 0 heterocycles. The predicted molar refractivity (Wildman–Crippen MR) is 71.8 cm³/mol. The van der Waals surface area contributed by atoms with Gasteiger partial charge in [-0.15, -0.1) is 0 Å². The van der Waals surface area contributed by atoms with E-state index >= 15 is 0 Å². The summed E-state index contributed by atoms with van der Waals surface area (Å²) in [5.41, 5.74) is 6.69. The number of ether oxygens (including phenoxy) is 1. The zero-order valence-electron chi connectivity index (χ0n) is 11.6. The highest BCUT2D eigenvalue weighted by Gasteiger charge is 2.34. The molecule has 0 aliphatic heterocycles. The number of hydrogen-bond acceptors (Lipinski definition) is 3. The van der Waals surface area contributed by atoms with Gasteiger partial charge < -0.3 is 10.5 Å². The topological polar surface area (TPSA) is 38.5 Å². The molecule has 0 aromatic heterocycles. The Morgan fingerprint density at radius 2 is 1.94 bits per heavy atom. The second-order valence-electron chi connectivity index (χ2n) is 4.92. The largest absolute Gasteiger partial charge is 0.380 e. The molecule has 0 spiro atoms. The molecule has 18 heavy (non-hydrogen) atoms. The maximum absolute atomic E-state index is 12.9. The van der Waals surface area contributed by atoms with Crippen LogP contribution in [0.15, 0.2) is 24.3 Å². The van der Waals surface area contributed by atoms with Gasteiger partial charge in [0.15, 0.2) is 0 Å². The number of rotatable bonds is 6. The molecule has 1 aromatic rings. The lowest BCUT2D eigenvalue weighted by Gasteiger charge is -2.42. The highest BCUT2D eigenvalue weighted by molar-refractivity contribution is 5.16. The van der Waals surface area contributed by atoms with Crippen LogP contribution in [-0.2, 0) is 11.3 Å². The minimum absolute atomic E-state index is 0.0212. The quantitative estimate of drug-likeness (QED) is 0.844. The van der Waals surface area contributed by atoms with Crippen LogP contribution in [0.2, 0.25) is 0 Å². The summed E-state index contributed by atoms with van der Waals surface area (Å²) in [4.78, 5) is 2.15. The van der Waals surface area contributed by atoms with Gasteiger partial charge in [-0.3, -0.25) is 4.90 Å². The molecule has 2 unspecified atom stereocenters. The van der Waals surface area contributed by atoms with Gasteiger partial charge >= 0.3 is 0 Å². The lowest BCUT2D eigenvalue weighted by atomic mass is 9.93. The zero-order chi connectivity index (χ0) is 13.8. The Hall–Kier alpha value is -0.970. The van der Waals surface area contributed by atoms with Gasteiger partial charge in [0.05, 0.1) is 11.6 Å². The Labute approximate surface area is 109 Å². The molecule has 0 radical (unpaired) electrons. The van der Waals surface area contributed by atoms with E-state index in [2.05, 4.69) is 11.8 Å². The van der Waals surface area contributed by atoms with E-state index in [1.165, 1.54) is 12.1 Å². The second-order valence-corrected chi connectivity index (χ2v) is 4.92. The molecule has 0 aliphatic carbocycles. The number of halogens is 1. The maximum atomic E-state index is 12.9. The smallest absolute Gasteiger partial charge is 0.123 e. The summed E-state index contributed by atoms with van der Waals surface area (Å²) >= 11 is 0. The van der Waals surface area contributed by atoms with Gasteiger partial charge in [0.1, 0.15) is 5.82 Å². The standard InChI is InChI=1S/C14H23FN2O/c1-11(18-4)14(2,10-16)17(3)9-12-5-7-13(15)8-6-12/h5-8,11H,9-10,16H2,1-4H3. The van der Waals surface area contributed by atoms with Crippen LogP contribution in [0.1, 0.15) is 19.4 Å².